The molecule has 82 valence electrons. The van der Waals surface area contributed by atoms with Crippen molar-refractivity contribution in [3.63, 3.8) is 0 Å². The van der Waals surface area contributed by atoms with Crippen LogP contribution in [-0.2, 0) is 0 Å². The Morgan fingerprint density at radius 1 is 1.53 bits per heavy atom. The van der Waals surface area contributed by atoms with Gasteiger partial charge in [-0.25, -0.2) is 4.39 Å². The second-order valence-electron chi connectivity index (χ2n) is 3.63. The van der Waals surface area contributed by atoms with E-state index in [4.69, 9.17) is 0 Å². The van der Waals surface area contributed by atoms with E-state index < -0.39 is 6.10 Å². The highest BCUT2D eigenvalue weighted by atomic mass is 19.1. The lowest BCUT2D eigenvalue weighted by Gasteiger charge is -2.10. The van der Waals surface area contributed by atoms with Crippen LogP contribution in [0.4, 0.5) is 4.39 Å². The molecule has 2 nitrogen and oxygen atoms in total. The highest BCUT2D eigenvalue weighted by Crippen LogP contribution is 2.14. The summed E-state index contributed by atoms with van der Waals surface area (Å²) >= 11 is 0. The fourth-order valence-electron chi connectivity index (χ4n) is 1.49. The van der Waals surface area contributed by atoms with Gasteiger partial charge < -0.3 is 5.11 Å². The minimum atomic E-state index is -0.973. The van der Waals surface area contributed by atoms with Gasteiger partial charge in [-0.05, 0) is 37.1 Å². The van der Waals surface area contributed by atoms with Crippen LogP contribution in [0.15, 0.2) is 18.2 Å². The Bertz CT molecular complexity index is 361. The summed E-state index contributed by atoms with van der Waals surface area (Å²) in [6.45, 7) is 3.56. The molecule has 0 radical (unpaired) electrons. The molecule has 1 aromatic carbocycles. The summed E-state index contributed by atoms with van der Waals surface area (Å²) < 4.78 is 12.8. The van der Waals surface area contributed by atoms with E-state index in [1.165, 1.54) is 18.2 Å². The maximum atomic E-state index is 12.8. The Morgan fingerprint density at radius 3 is 2.73 bits per heavy atom. The molecule has 3 heteroatoms. The normalized spacial score (nSPS) is 12.5. The number of carbonyl (C=O) groups is 1. The summed E-state index contributed by atoms with van der Waals surface area (Å²) in [7, 11) is 0. The zero-order valence-electron chi connectivity index (χ0n) is 8.96. The number of hydrogen-bond acceptors (Lipinski definition) is 2. The SMILES string of the molecule is CCCC(O)C(=O)c1ccc(F)cc1C. The largest absolute Gasteiger partial charge is 0.385 e. The molecule has 0 saturated heterocycles. The first-order valence-corrected chi connectivity index (χ1v) is 5.04. The molecular formula is C12H15FO2. The number of carbonyl (C=O) groups excluding carboxylic acids is 1. The molecule has 15 heavy (non-hydrogen) atoms. The Balaban J connectivity index is 2.91. The van der Waals surface area contributed by atoms with E-state index in [0.29, 0.717) is 17.5 Å². The predicted molar refractivity (Wildman–Crippen MR) is 56.4 cm³/mol. The van der Waals surface area contributed by atoms with Crippen molar-refractivity contribution in [2.75, 3.05) is 0 Å². The van der Waals surface area contributed by atoms with Crippen LogP contribution >= 0.6 is 0 Å². The van der Waals surface area contributed by atoms with Crippen molar-refractivity contribution in [1.29, 1.82) is 0 Å². The fourth-order valence-corrected chi connectivity index (χ4v) is 1.49. The number of halogens is 1. The molecule has 0 fully saturated rings. The fraction of sp³-hybridized carbons (Fsp3) is 0.417. The summed E-state index contributed by atoms with van der Waals surface area (Å²) in [6, 6.07) is 3.96. The van der Waals surface area contributed by atoms with Crippen LogP contribution < -0.4 is 0 Å². The molecule has 0 aliphatic heterocycles. The maximum absolute atomic E-state index is 12.8. The third kappa shape index (κ3) is 2.86. The number of aliphatic hydroxyl groups excluding tert-OH is 1. The topological polar surface area (TPSA) is 37.3 Å². The molecule has 0 bridgehead atoms. The molecule has 0 amide bonds. The second kappa shape index (κ2) is 5.03. The molecule has 0 aliphatic rings. The summed E-state index contributed by atoms with van der Waals surface area (Å²) in [5.41, 5.74) is 0.965. The van der Waals surface area contributed by atoms with Gasteiger partial charge in [-0.1, -0.05) is 13.3 Å². The number of ketones is 1. The van der Waals surface area contributed by atoms with Crippen LogP contribution in [0.1, 0.15) is 35.7 Å². The summed E-state index contributed by atoms with van der Waals surface area (Å²) in [5, 5.41) is 9.52. The third-order valence-corrected chi connectivity index (χ3v) is 2.32. The number of hydrogen-bond donors (Lipinski definition) is 1. The molecule has 0 aliphatic carbocycles. The number of Topliss-reactive ketones (excluding diaryl/α,β-unsaturated/α-hetero) is 1. The highest BCUT2D eigenvalue weighted by Gasteiger charge is 2.17. The second-order valence-corrected chi connectivity index (χ2v) is 3.63. The zero-order valence-corrected chi connectivity index (χ0v) is 8.96. The molecule has 1 atom stereocenters. The Kier molecular flexibility index (Phi) is 3.97. The van der Waals surface area contributed by atoms with E-state index in [2.05, 4.69) is 0 Å². The molecule has 0 aromatic heterocycles. The van der Waals surface area contributed by atoms with Crippen molar-refractivity contribution in [3.8, 4) is 0 Å². The maximum Gasteiger partial charge on any atom is 0.191 e. The quantitative estimate of drug-likeness (QED) is 0.775. The van der Waals surface area contributed by atoms with Crippen molar-refractivity contribution in [2.45, 2.75) is 32.8 Å². The lowest BCUT2D eigenvalue weighted by atomic mass is 9.99. The standard InChI is InChI=1S/C12H15FO2/c1-3-4-11(14)12(15)10-6-5-9(13)7-8(10)2/h5-7,11,14H,3-4H2,1-2H3. The molecular weight excluding hydrogens is 195 g/mol. The van der Waals surface area contributed by atoms with Crippen LogP contribution in [-0.4, -0.2) is 17.0 Å². The van der Waals surface area contributed by atoms with Crippen LogP contribution in [0.2, 0.25) is 0 Å². The smallest absolute Gasteiger partial charge is 0.191 e. The molecule has 1 unspecified atom stereocenters. The first-order chi connectivity index (χ1) is 7.06. The van der Waals surface area contributed by atoms with Gasteiger partial charge in [-0.2, -0.15) is 0 Å². The number of aliphatic hydroxyl groups is 1. The van der Waals surface area contributed by atoms with Crippen molar-refractivity contribution < 1.29 is 14.3 Å². The van der Waals surface area contributed by atoms with Gasteiger partial charge in [0.1, 0.15) is 11.9 Å². The van der Waals surface area contributed by atoms with Gasteiger partial charge in [-0.3, -0.25) is 4.79 Å². The molecule has 1 aromatic rings. The minimum absolute atomic E-state index is 0.325. The Morgan fingerprint density at radius 2 is 2.20 bits per heavy atom. The van der Waals surface area contributed by atoms with E-state index in [1.54, 1.807) is 6.92 Å². The number of aryl methyl sites for hydroxylation is 1. The lowest BCUT2D eigenvalue weighted by Crippen LogP contribution is -2.21. The van der Waals surface area contributed by atoms with E-state index in [9.17, 15) is 14.3 Å². The molecule has 0 saturated carbocycles. The summed E-state index contributed by atoms with van der Waals surface area (Å²) in [4.78, 5) is 11.7. The van der Waals surface area contributed by atoms with Crippen molar-refractivity contribution >= 4 is 5.78 Å². The first kappa shape index (κ1) is 11.9. The average molecular weight is 210 g/mol. The van der Waals surface area contributed by atoms with E-state index in [1.807, 2.05) is 6.92 Å². The van der Waals surface area contributed by atoms with Gasteiger partial charge in [0, 0.05) is 5.56 Å². The monoisotopic (exact) mass is 210 g/mol. The van der Waals surface area contributed by atoms with Crippen molar-refractivity contribution in [1.82, 2.24) is 0 Å². The minimum Gasteiger partial charge on any atom is -0.385 e. The van der Waals surface area contributed by atoms with Gasteiger partial charge in [0.25, 0.3) is 0 Å². The summed E-state index contributed by atoms with van der Waals surface area (Å²) in [5.74, 6) is -0.691. The van der Waals surface area contributed by atoms with Crippen LogP contribution in [0.3, 0.4) is 0 Å². The van der Waals surface area contributed by atoms with E-state index in [-0.39, 0.29) is 11.6 Å². The van der Waals surface area contributed by atoms with Gasteiger partial charge >= 0.3 is 0 Å². The molecule has 0 spiro atoms. The van der Waals surface area contributed by atoms with Crippen molar-refractivity contribution in [3.05, 3.63) is 35.1 Å². The predicted octanol–water partition coefficient (Wildman–Crippen LogP) is 2.48. The van der Waals surface area contributed by atoms with Crippen molar-refractivity contribution in [2.24, 2.45) is 0 Å². The van der Waals surface area contributed by atoms with Crippen LogP contribution in [0.5, 0.6) is 0 Å². The van der Waals surface area contributed by atoms with Gasteiger partial charge in [-0.15, -0.1) is 0 Å². The van der Waals surface area contributed by atoms with Gasteiger partial charge in [0.2, 0.25) is 0 Å². The summed E-state index contributed by atoms with van der Waals surface area (Å²) in [6.07, 6.45) is 0.210. The first-order valence-electron chi connectivity index (χ1n) is 5.04. The lowest BCUT2D eigenvalue weighted by molar-refractivity contribution is 0.0728. The average Bonchev–Trinajstić information content (AvgIpc) is 2.17. The van der Waals surface area contributed by atoms with Crippen LogP contribution in [0, 0.1) is 12.7 Å². The highest BCUT2D eigenvalue weighted by molar-refractivity contribution is 6.00. The molecule has 0 heterocycles. The third-order valence-electron chi connectivity index (χ3n) is 2.32. The Labute approximate surface area is 88.7 Å². The molecule has 1 rings (SSSR count). The van der Waals surface area contributed by atoms with E-state index >= 15 is 0 Å². The Hall–Kier alpha value is -1.22. The zero-order chi connectivity index (χ0) is 11.4. The van der Waals surface area contributed by atoms with Crippen LogP contribution in [0.25, 0.3) is 0 Å². The number of rotatable bonds is 4. The van der Waals surface area contributed by atoms with E-state index in [0.717, 1.165) is 6.42 Å². The van der Waals surface area contributed by atoms with Gasteiger partial charge in [0.05, 0.1) is 0 Å². The number of benzene rings is 1. The molecule has 1 N–H and O–H groups in total. The van der Waals surface area contributed by atoms with Gasteiger partial charge in [0.15, 0.2) is 5.78 Å².